The Morgan fingerprint density at radius 2 is 1.47 bits per heavy atom. The number of ether oxygens (including phenoxy) is 3. The lowest BCUT2D eigenvalue weighted by Crippen LogP contribution is -2.56. The van der Waals surface area contributed by atoms with Gasteiger partial charge in [-0.2, -0.15) is 0 Å². The molecule has 1 fully saturated rings. The van der Waals surface area contributed by atoms with E-state index in [2.05, 4.69) is 22.5 Å². The van der Waals surface area contributed by atoms with Crippen molar-refractivity contribution in [3.63, 3.8) is 0 Å². The number of aliphatic hydroxyl groups is 1. The highest BCUT2D eigenvalue weighted by Gasteiger charge is 2.42. The SMILES string of the molecule is CC[C@H](C)[C@@H]([C@@H](CC(=O)N1CCC[C@H]1[C@H](OC)[C@@H](C)C(=O)N[C@H](COCO)Cc1ccccc1)OC)N(C)C(=O)CNC(=O)[C@H](C(C)C)N(C)C(=O)CCC(=O)N1Cc2ccccc2C#Cc2ccccc21. The zero-order valence-electron chi connectivity index (χ0n) is 43.6. The molecular weight excluding hydrogens is 917 g/mol. The maximum Gasteiger partial charge on any atom is 0.243 e. The number of carbonyl (C=O) groups is 6. The fourth-order valence-corrected chi connectivity index (χ4v) is 10.1. The molecule has 2 aliphatic heterocycles. The lowest BCUT2D eigenvalue weighted by Gasteiger charge is -2.39. The van der Waals surface area contributed by atoms with Crippen molar-refractivity contribution in [3.8, 4) is 11.8 Å². The van der Waals surface area contributed by atoms with Gasteiger partial charge >= 0.3 is 0 Å². The van der Waals surface area contributed by atoms with Crippen molar-refractivity contribution in [2.45, 2.75) is 122 Å². The molecule has 0 radical (unpaired) electrons. The van der Waals surface area contributed by atoms with E-state index in [1.165, 1.54) is 31.1 Å². The van der Waals surface area contributed by atoms with E-state index in [9.17, 15) is 33.9 Å². The predicted octanol–water partition coefficient (Wildman–Crippen LogP) is 4.93. The van der Waals surface area contributed by atoms with Crippen molar-refractivity contribution in [1.82, 2.24) is 25.3 Å². The average molecular weight is 993 g/mol. The Bertz CT molecular complexity index is 2370. The number of methoxy groups -OCH3 is 2. The minimum Gasteiger partial charge on any atom is -0.379 e. The second-order valence-corrected chi connectivity index (χ2v) is 19.4. The molecule has 2 heterocycles. The number of nitrogens with one attached hydrogen (secondary N) is 2. The van der Waals surface area contributed by atoms with Gasteiger partial charge < -0.3 is 49.6 Å². The standard InChI is InChI=1S/C56H76N6O10/c1-10-38(4)53(47(70-8)32-50(66)61-30-18-25-46(61)54(71-9)39(5)55(68)58-44(35-72-36-63)31-40-19-12-11-13-20-40)60(7)51(67)33-57-56(69)52(37(2)3)59(6)48(64)28-29-49(65)62-34-43-23-15-14-21-41(43)26-27-42-22-16-17-24-45(42)62/h11-17,19-24,37-39,44,46-47,52-54,63H,10,18,25,28-36H2,1-9H3,(H,57,69)(H,58,68)/t38-,39+,44-,46-,47+,52-,53-,54+/m0/s1. The third kappa shape index (κ3) is 14.7. The first-order valence-corrected chi connectivity index (χ1v) is 25.2. The van der Waals surface area contributed by atoms with E-state index in [4.69, 9.17) is 14.2 Å². The molecule has 16 nitrogen and oxygen atoms in total. The summed E-state index contributed by atoms with van der Waals surface area (Å²) in [5.74, 6) is 3.30. The van der Waals surface area contributed by atoms with E-state index in [0.717, 1.165) is 16.7 Å². The summed E-state index contributed by atoms with van der Waals surface area (Å²) in [4.78, 5) is 90.0. The first-order valence-electron chi connectivity index (χ1n) is 25.2. The predicted molar refractivity (Wildman–Crippen MR) is 275 cm³/mol. The summed E-state index contributed by atoms with van der Waals surface area (Å²) in [5.41, 5.74) is 4.10. The molecule has 0 unspecified atom stereocenters. The number of likely N-dealkylation sites (tertiary alicyclic amines) is 1. The Kier molecular flexibility index (Phi) is 21.8. The summed E-state index contributed by atoms with van der Waals surface area (Å²) < 4.78 is 17.3. The summed E-state index contributed by atoms with van der Waals surface area (Å²) in [6.07, 6.45) is 0.890. The Morgan fingerprint density at radius 3 is 2.14 bits per heavy atom. The van der Waals surface area contributed by atoms with Crippen LogP contribution >= 0.6 is 0 Å². The fourth-order valence-electron chi connectivity index (χ4n) is 10.1. The number of nitrogens with zero attached hydrogens (tertiary/aromatic N) is 4. The number of fused-ring (bicyclic) bond motifs is 2. The van der Waals surface area contributed by atoms with Gasteiger partial charge in [0.2, 0.25) is 35.4 Å². The largest absolute Gasteiger partial charge is 0.379 e. The van der Waals surface area contributed by atoms with Crippen LogP contribution in [0.3, 0.4) is 0 Å². The van der Waals surface area contributed by atoms with Gasteiger partial charge in [0.1, 0.15) is 12.8 Å². The normalized spacial score (nSPS) is 17.0. The van der Waals surface area contributed by atoms with Gasteiger partial charge in [-0.25, -0.2) is 0 Å². The Morgan fingerprint density at radius 1 is 0.806 bits per heavy atom. The van der Waals surface area contributed by atoms with Crippen molar-refractivity contribution in [3.05, 3.63) is 101 Å². The van der Waals surface area contributed by atoms with Crippen LogP contribution in [0, 0.1) is 29.6 Å². The van der Waals surface area contributed by atoms with Gasteiger partial charge in [-0.05, 0) is 60.4 Å². The van der Waals surface area contributed by atoms with Gasteiger partial charge in [-0.1, -0.05) is 114 Å². The molecule has 0 saturated carbocycles. The quantitative estimate of drug-likeness (QED) is 0.0777. The minimum atomic E-state index is -0.931. The molecule has 3 N–H and O–H groups in total. The van der Waals surface area contributed by atoms with Crippen LogP contribution in [-0.4, -0.2) is 146 Å². The van der Waals surface area contributed by atoms with Crippen LogP contribution in [0.15, 0.2) is 78.9 Å². The summed E-state index contributed by atoms with van der Waals surface area (Å²) in [6.45, 7) is 9.42. The zero-order valence-corrected chi connectivity index (χ0v) is 43.6. The zero-order chi connectivity index (χ0) is 52.5. The third-order valence-corrected chi connectivity index (χ3v) is 14.2. The number of rotatable bonds is 25. The van der Waals surface area contributed by atoms with Crippen LogP contribution in [0.5, 0.6) is 0 Å². The van der Waals surface area contributed by atoms with Gasteiger partial charge in [-0.15, -0.1) is 0 Å². The number of anilines is 1. The monoisotopic (exact) mass is 993 g/mol. The molecule has 5 rings (SSSR count). The summed E-state index contributed by atoms with van der Waals surface area (Å²) in [6, 6.07) is 22.5. The van der Waals surface area contributed by atoms with Gasteiger partial charge in [0.15, 0.2) is 0 Å². The summed E-state index contributed by atoms with van der Waals surface area (Å²) in [5, 5.41) is 15.2. The summed E-state index contributed by atoms with van der Waals surface area (Å²) >= 11 is 0. The van der Waals surface area contributed by atoms with E-state index >= 15 is 0 Å². The molecule has 0 spiro atoms. The van der Waals surface area contributed by atoms with Crippen LogP contribution in [0.25, 0.3) is 0 Å². The molecule has 0 bridgehead atoms. The lowest BCUT2D eigenvalue weighted by molar-refractivity contribution is -0.146. The summed E-state index contributed by atoms with van der Waals surface area (Å²) in [7, 11) is 6.23. The van der Waals surface area contributed by atoms with Crippen LogP contribution in [0.4, 0.5) is 5.69 Å². The Hall–Kier alpha value is -6.12. The molecule has 8 atom stereocenters. The van der Waals surface area contributed by atoms with Gasteiger partial charge in [0.25, 0.3) is 0 Å². The highest BCUT2D eigenvalue weighted by molar-refractivity contribution is 5.97. The molecular formula is C56H76N6O10. The maximum atomic E-state index is 14.3. The van der Waals surface area contributed by atoms with Crippen molar-refractivity contribution < 1.29 is 48.1 Å². The molecule has 16 heteroatoms. The number of hydrogen-bond acceptors (Lipinski definition) is 10. The molecule has 1 saturated heterocycles. The second-order valence-electron chi connectivity index (χ2n) is 19.4. The lowest BCUT2D eigenvalue weighted by atomic mass is 9.90. The number of amides is 6. The van der Waals surface area contributed by atoms with E-state index in [1.807, 2.05) is 107 Å². The Labute approximate surface area is 426 Å². The maximum absolute atomic E-state index is 14.3. The average Bonchev–Trinajstić information content (AvgIpc) is 3.86. The third-order valence-electron chi connectivity index (χ3n) is 14.2. The van der Waals surface area contributed by atoms with E-state index in [-0.39, 0.29) is 62.0 Å². The van der Waals surface area contributed by atoms with Gasteiger partial charge in [0, 0.05) is 58.8 Å². The van der Waals surface area contributed by atoms with E-state index in [1.54, 1.807) is 23.8 Å². The smallest absolute Gasteiger partial charge is 0.243 e. The molecule has 0 aliphatic carbocycles. The molecule has 3 aromatic rings. The number of para-hydroxylation sites is 1. The van der Waals surface area contributed by atoms with Crippen molar-refractivity contribution in [1.29, 1.82) is 0 Å². The molecule has 390 valence electrons. The molecule has 6 amide bonds. The van der Waals surface area contributed by atoms with Gasteiger partial charge in [-0.3, -0.25) is 28.8 Å². The number of aliphatic hydroxyl groups excluding tert-OH is 1. The highest BCUT2D eigenvalue weighted by atomic mass is 16.6. The first-order chi connectivity index (χ1) is 34.5. The van der Waals surface area contributed by atoms with E-state index < -0.39 is 66.8 Å². The van der Waals surface area contributed by atoms with Crippen LogP contribution in [-0.2, 0) is 55.9 Å². The highest BCUT2D eigenvalue weighted by Crippen LogP contribution is 2.30. The number of hydrogen-bond donors (Lipinski definition) is 3. The Balaban J connectivity index is 1.19. The van der Waals surface area contributed by atoms with E-state index in [0.29, 0.717) is 50.0 Å². The number of likely N-dealkylation sites (N-methyl/N-ethyl adjacent to an activating group) is 2. The second kappa shape index (κ2) is 27.6. The first kappa shape index (κ1) is 56.8. The topological polar surface area (TPSA) is 187 Å². The molecule has 3 aromatic carbocycles. The number of carbonyl (C=O) groups excluding carboxylic acids is 6. The van der Waals surface area contributed by atoms with Crippen molar-refractivity contribution >= 4 is 41.1 Å². The van der Waals surface area contributed by atoms with Crippen LogP contribution in [0.2, 0.25) is 0 Å². The molecule has 2 aliphatic rings. The molecule has 0 aromatic heterocycles. The van der Waals surface area contributed by atoms with Crippen molar-refractivity contribution in [2.24, 2.45) is 17.8 Å². The van der Waals surface area contributed by atoms with Gasteiger partial charge in [0.05, 0.1) is 68.1 Å². The fraction of sp³-hybridized carbons (Fsp3) is 0.536. The molecule has 72 heavy (non-hydrogen) atoms. The van der Waals surface area contributed by atoms with Crippen LogP contribution < -0.4 is 15.5 Å². The number of benzene rings is 3. The minimum absolute atomic E-state index is 0.0445. The van der Waals surface area contributed by atoms with Crippen LogP contribution in [0.1, 0.15) is 95.4 Å². The van der Waals surface area contributed by atoms with Crippen molar-refractivity contribution in [2.75, 3.05) is 59.7 Å².